The number of carbonyl (C=O) groups excluding carboxylic acids is 2. The molecule has 8 nitrogen and oxygen atoms in total. The van der Waals surface area contributed by atoms with Gasteiger partial charge in [-0.25, -0.2) is 4.68 Å². The first-order valence-corrected chi connectivity index (χ1v) is 11.3. The molecule has 5 rings (SSSR count). The standard InChI is InChI=1S/C23H29N5O3/c29-22(18-8-12-31-13-9-18)28-10-3-6-20(28)15-27-16-21(24-25-27)23(30)26-11-7-17-4-1-2-5-19(17)14-26/h1-2,4-5,16,18,20H,3,6-15H2/t20-/m0/s1. The van der Waals surface area contributed by atoms with Crippen LogP contribution in [0.25, 0.3) is 0 Å². The second-order valence-corrected chi connectivity index (χ2v) is 8.79. The molecule has 3 aliphatic heterocycles. The molecule has 2 aromatic rings. The normalized spacial score (nSPS) is 21.9. The molecule has 3 aliphatic rings. The molecule has 0 radical (unpaired) electrons. The molecule has 1 atom stereocenters. The predicted molar refractivity (Wildman–Crippen MR) is 113 cm³/mol. The molecule has 2 fully saturated rings. The maximum Gasteiger partial charge on any atom is 0.276 e. The summed E-state index contributed by atoms with van der Waals surface area (Å²) in [5.74, 6) is 0.237. The first-order chi connectivity index (χ1) is 15.2. The number of likely N-dealkylation sites (tertiary alicyclic amines) is 1. The topological polar surface area (TPSA) is 80.6 Å². The Labute approximate surface area is 182 Å². The molecule has 4 heterocycles. The summed E-state index contributed by atoms with van der Waals surface area (Å²) in [4.78, 5) is 29.8. The van der Waals surface area contributed by atoms with E-state index < -0.39 is 0 Å². The number of rotatable bonds is 4. The minimum absolute atomic E-state index is 0.0733. The molecule has 31 heavy (non-hydrogen) atoms. The van der Waals surface area contributed by atoms with Crippen molar-refractivity contribution in [2.45, 2.75) is 51.2 Å². The van der Waals surface area contributed by atoms with Crippen molar-refractivity contribution in [3.63, 3.8) is 0 Å². The third-order valence-electron chi connectivity index (χ3n) is 6.80. The van der Waals surface area contributed by atoms with Crippen molar-refractivity contribution in [3.05, 3.63) is 47.3 Å². The smallest absolute Gasteiger partial charge is 0.276 e. The molecule has 0 saturated carbocycles. The van der Waals surface area contributed by atoms with Crippen molar-refractivity contribution in [3.8, 4) is 0 Å². The van der Waals surface area contributed by atoms with E-state index in [0.29, 0.717) is 38.5 Å². The van der Waals surface area contributed by atoms with Gasteiger partial charge in [0.25, 0.3) is 5.91 Å². The van der Waals surface area contributed by atoms with Gasteiger partial charge in [0.05, 0.1) is 18.8 Å². The van der Waals surface area contributed by atoms with Gasteiger partial charge in [-0.3, -0.25) is 9.59 Å². The van der Waals surface area contributed by atoms with E-state index in [1.165, 1.54) is 11.1 Å². The maximum atomic E-state index is 13.0. The van der Waals surface area contributed by atoms with Crippen LogP contribution in [0.3, 0.4) is 0 Å². The van der Waals surface area contributed by atoms with E-state index in [0.717, 1.165) is 38.6 Å². The Kier molecular flexibility index (Phi) is 5.72. The summed E-state index contributed by atoms with van der Waals surface area (Å²) in [6, 6.07) is 8.37. The average molecular weight is 424 g/mol. The fourth-order valence-electron chi connectivity index (χ4n) is 5.03. The van der Waals surface area contributed by atoms with E-state index in [9.17, 15) is 9.59 Å². The number of nitrogens with zero attached hydrogens (tertiary/aromatic N) is 5. The highest BCUT2D eigenvalue weighted by Crippen LogP contribution is 2.25. The lowest BCUT2D eigenvalue weighted by molar-refractivity contribution is -0.139. The van der Waals surface area contributed by atoms with Gasteiger partial charge in [-0.1, -0.05) is 29.5 Å². The number of benzene rings is 1. The van der Waals surface area contributed by atoms with Crippen LogP contribution in [0.1, 0.15) is 47.3 Å². The van der Waals surface area contributed by atoms with Gasteiger partial charge in [-0.05, 0) is 43.2 Å². The van der Waals surface area contributed by atoms with E-state index in [-0.39, 0.29) is 23.8 Å². The highest BCUT2D eigenvalue weighted by molar-refractivity contribution is 5.92. The SMILES string of the molecule is O=C(c1cn(C[C@@H]2CCCN2C(=O)C2CCOCC2)nn1)N1CCc2ccccc2C1. The van der Waals surface area contributed by atoms with Gasteiger partial charge >= 0.3 is 0 Å². The van der Waals surface area contributed by atoms with E-state index in [4.69, 9.17) is 4.74 Å². The monoisotopic (exact) mass is 423 g/mol. The molecule has 2 amide bonds. The summed E-state index contributed by atoms with van der Waals surface area (Å²) < 4.78 is 7.13. The number of aromatic nitrogens is 3. The van der Waals surface area contributed by atoms with Crippen molar-refractivity contribution in [1.29, 1.82) is 0 Å². The van der Waals surface area contributed by atoms with Crippen molar-refractivity contribution in [2.75, 3.05) is 26.3 Å². The van der Waals surface area contributed by atoms with Gasteiger partial charge in [0.15, 0.2) is 5.69 Å². The first kappa shape index (κ1) is 20.2. The lowest BCUT2D eigenvalue weighted by Gasteiger charge is -2.30. The van der Waals surface area contributed by atoms with E-state index in [1.807, 2.05) is 21.9 Å². The molecule has 8 heteroatoms. The first-order valence-electron chi connectivity index (χ1n) is 11.3. The van der Waals surface area contributed by atoms with Gasteiger partial charge in [-0.15, -0.1) is 5.10 Å². The number of hydrogen-bond donors (Lipinski definition) is 0. The minimum Gasteiger partial charge on any atom is -0.381 e. The molecule has 0 unspecified atom stereocenters. The van der Waals surface area contributed by atoms with Crippen LogP contribution in [0.4, 0.5) is 0 Å². The van der Waals surface area contributed by atoms with Crippen molar-refractivity contribution >= 4 is 11.8 Å². The van der Waals surface area contributed by atoms with Crippen LogP contribution in [0.15, 0.2) is 30.5 Å². The number of ether oxygens (including phenoxy) is 1. The van der Waals surface area contributed by atoms with Crippen LogP contribution in [0, 0.1) is 5.92 Å². The molecule has 0 spiro atoms. The minimum atomic E-state index is -0.0812. The zero-order valence-corrected chi connectivity index (χ0v) is 17.8. The Bertz CT molecular complexity index is 952. The Morgan fingerprint density at radius 1 is 1.06 bits per heavy atom. The molecular weight excluding hydrogens is 394 g/mol. The van der Waals surface area contributed by atoms with Crippen LogP contribution in [-0.4, -0.2) is 69.0 Å². The molecule has 2 saturated heterocycles. The molecular formula is C23H29N5O3. The Hall–Kier alpha value is -2.74. The molecule has 1 aromatic heterocycles. The van der Waals surface area contributed by atoms with E-state index in [2.05, 4.69) is 22.4 Å². The van der Waals surface area contributed by atoms with Crippen LogP contribution >= 0.6 is 0 Å². The van der Waals surface area contributed by atoms with E-state index >= 15 is 0 Å². The Balaban J connectivity index is 1.22. The Morgan fingerprint density at radius 2 is 1.87 bits per heavy atom. The highest BCUT2D eigenvalue weighted by atomic mass is 16.5. The summed E-state index contributed by atoms with van der Waals surface area (Å²) in [6.07, 6.45) is 6.18. The summed E-state index contributed by atoms with van der Waals surface area (Å²) in [6.45, 7) is 4.03. The number of carbonyl (C=O) groups is 2. The van der Waals surface area contributed by atoms with Crippen molar-refractivity contribution < 1.29 is 14.3 Å². The van der Waals surface area contributed by atoms with Gasteiger partial charge < -0.3 is 14.5 Å². The van der Waals surface area contributed by atoms with Gasteiger partial charge in [-0.2, -0.15) is 0 Å². The number of fused-ring (bicyclic) bond motifs is 1. The lowest BCUT2D eigenvalue weighted by Crippen LogP contribution is -2.43. The van der Waals surface area contributed by atoms with Gasteiger partial charge in [0.1, 0.15) is 0 Å². The number of amides is 2. The summed E-state index contributed by atoms with van der Waals surface area (Å²) in [5.41, 5.74) is 2.88. The highest BCUT2D eigenvalue weighted by Gasteiger charge is 2.34. The van der Waals surface area contributed by atoms with Crippen LogP contribution in [0.5, 0.6) is 0 Å². The zero-order valence-electron chi connectivity index (χ0n) is 17.8. The predicted octanol–water partition coefficient (Wildman–Crippen LogP) is 1.89. The average Bonchev–Trinajstić information content (AvgIpc) is 3.48. The molecule has 0 N–H and O–H groups in total. The second-order valence-electron chi connectivity index (χ2n) is 8.79. The number of hydrogen-bond acceptors (Lipinski definition) is 5. The third kappa shape index (κ3) is 4.21. The van der Waals surface area contributed by atoms with E-state index in [1.54, 1.807) is 10.9 Å². The zero-order chi connectivity index (χ0) is 21.2. The largest absolute Gasteiger partial charge is 0.381 e. The summed E-state index contributed by atoms with van der Waals surface area (Å²) in [7, 11) is 0. The molecule has 0 bridgehead atoms. The van der Waals surface area contributed by atoms with Crippen molar-refractivity contribution in [1.82, 2.24) is 24.8 Å². The van der Waals surface area contributed by atoms with Crippen LogP contribution in [-0.2, 0) is 29.0 Å². The van der Waals surface area contributed by atoms with Crippen molar-refractivity contribution in [2.24, 2.45) is 5.92 Å². The summed E-state index contributed by atoms with van der Waals surface area (Å²) in [5, 5.41) is 8.36. The van der Waals surface area contributed by atoms with Crippen LogP contribution < -0.4 is 0 Å². The Morgan fingerprint density at radius 3 is 2.71 bits per heavy atom. The summed E-state index contributed by atoms with van der Waals surface area (Å²) >= 11 is 0. The molecule has 1 aromatic carbocycles. The quantitative estimate of drug-likeness (QED) is 0.750. The second kappa shape index (κ2) is 8.78. The molecule has 0 aliphatic carbocycles. The molecule has 164 valence electrons. The van der Waals surface area contributed by atoms with Crippen LogP contribution in [0.2, 0.25) is 0 Å². The lowest BCUT2D eigenvalue weighted by atomic mass is 9.98. The van der Waals surface area contributed by atoms with Gasteiger partial charge in [0, 0.05) is 38.8 Å². The van der Waals surface area contributed by atoms with Gasteiger partial charge in [0.2, 0.25) is 5.91 Å². The fraction of sp³-hybridized carbons (Fsp3) is 0.565. The maximum absolute atomic E-state index is 13.0. The fourth-order valence-corrected chi connectivity index (χ4v) is 5.03. The third-order valence-corrected chi connectivity index (χ3v) is 6.80.